The number of fused-ring (bicyclic) bond motifs is 1. The average Bonchev–Trinajstić information content (AvgIpc) is 2.58. The first-order valence-electron chi connectivity index (χ1n) is 5.32. The van der Waals surface area contributed by atoms with Crippen molar-refractivity contribution < 1.29 is 4.74 Å². The third-order valence-electron chi connectivity index (χ3n) is 2.39. The first-order valence-corrected chi connectivity index (χ1v) is 5.32. The molecule has 15 heavy (non-hydrogen) atoms. The fourth-order valence-corrected chi connectivity index (χ4v) is 1.80. The number of aromatic nitrogens is 1. The van der Waals surface area contributed by atoms with Gasteiger partial charge in [-0.1, -0.05) is 19.9 Å². The molecule has 1 heterocycles. The number of aryl methyl sites for hydroxylation is 2. The monoisotopic (exact) mass is 205 g/mol. The van der Waals surface area contributed by atoms with Crippen LogP contribution < -0.4 is 4.74 Å². The summed E-state index contributed by atoms with van der Waals surface area (Å²) in [5, 5.41) is 1.22. The van der Waals surface area contributed by atoms with Gasteiger partial charge in [0.1, 0.15) is 5.75 Å². The summed E-state index contributed by atoms with van der Waals surface area (Å²) < 4.78 is 7.43. The molecule has 82 valence electrons. The van der Waals surface area contributed by atoms with Crippen LogP contribution in [0.5, 0.6) is 5.75 Å². The Kier molecular flexibility index (Phi) is 3.78. The van der Waals surface area contributed by atoms with Crippen molar-refractivity contribution in [1.82, 2.24) is 4.57 Å². The second kappa shape index (κ2) is 4.87. The first-order chi connectivity index (χ1) is 7.24. The fourth-order valence-electron chi connectivity index (χ4n) is 1.80. The third-order valence-corrected chi connectivity index (χ3v) is 2.39. The molecule has 0 aliphatic rings. The second-order valence-corrected chi connectivity index (χ2v) is 3.28. The van der Waals surface area contributed by atoms with Crippen LogP contribution in [0, 0.1) is 6.92 Å². The van der Waals surface area contributed by atoms with Gasteiger partial charge >= 0.3 is 0 Å². The highest BCUT2D eigenvalue weighted by atomic mass is 16.5. The van der Waals surface area contributed by atoms with E-state index < -0.39 is 0 Å². The summed E-state index contributed by atoms with van der Waals surface area (Å²) in [5.74, 6) is 0.954. The highest BCUT2D eigenvalue weighted by Gasteiger charge is 2.06. The van der Waals surface area contributed by atoms with Gasteiger partial charge in [-0.3, -0.25) is 0 Å². The molecule has 2 heteroatoms. The third kappa shape index (κ3) is 1.99. The predicted molar refractivity (Wildman–Crippen MR) is 65.6 cm³/mol. The summed E-state index contributed by atoms with van der Waals surface area (Å²) >= 11 is 0. The van der Waals surface area contributed by atoms with E-state index in [4.69, 9.17) is 4.74 Å². The summed E-state index contributed by atoms with van der Waals surface area (Å²) in [6.45, 7) is 6.10. The molecule has 0 aliphatic carbocycles. The van der Waals surface area contributed by atoms with Gasteiger partial charge < -0.3 is 9.30 Å². The Morgan fingerprint density at radius 3 is 2.47 bits per heavy atom. The van der Waals surface area contributed by atoms with Crippen molar-refractivity contribution in [1.29, 1.82) is 0 Å². The molecule has 0 bridgehead atoms. The molecule has 0 spiro atoms. The highest BCUT2D eigenvalue weighted by molar-refractivity contribution is 5.89. The highest BCUT2D eigenvalue weighted by Crippen LogP contribution is 2.29. The van der Waals surface area contributed by atoms with E-state index >= 15 is 0 Å². The Balaban J connectivity index is 0.000000531. The van der Waals surface area contributed by atoms with Crippen LogP contribution in [0.1, 0.15) is 19.4 Å². The lowest BCUT2D eigenvalue weighted by atomic mass is 10.2. The zero-order valence-corrected chi connectivity index (χ0v) is 10.2. The molecule has 0 radical (unpaired) electrons. The molecule has 1 aromatic carbocycles. The molecule has 0 aliphatic heterocycles. The summed E-state index contributed by atoms with van der Waals surface area (Å²) in [6, 6.07) is 6.11. The summed E-state index contributed by atoms with van der Waals surface area (Å²) in [6.07, 6.45) is 2.12. The minimum absolute atomic E-state index is 0.954. The summed E-state index contributed by atoms with van der Waals surface area (Å²) in [5.41, 5.74) is 2.48. The Morgan fingerprint density at radius 2 is 1.87 bits per heavy atom. The topological polar surface area (TPSA) is 14.2 Å². The molecule has 0 unspecified atom stereocenters. The van der Waals surface area contributed by atoms with Gasteiger partial charge in [-0.2, -0.15) is 0 Å². The van der Waals surface area contributed by atoms with Crippen molar-refractivity contribution in [3.63, 3.8) is 0 Å². The van der Waals surface area contributed by atoms with Gasteiger partial charge in [0.05, 0.1) is 12.6 Å². The molecule has 0 amide bonds. The van der Waals surface area contributed by atoms with Gasteiger partial charge in [-0.05, 0) is 24.6 Å². The number of ether oxygens (including phenoxy) is 1. The normalized spacial score (nSPS) is 9.67. The quantitative estimate of drug-likeness (QED) is 0.694. The maximum Gasteiger partial charge on any atom is 0.128 e. The average molecular weight is 205 g/mol. The van der Waals surface area contributed by atoms with Crippen LogP contribution in [0.3, 0.4) is 0 Å². The molecule has 2 rings (SSSR count). The number of methoxy groups -OCH3 is 1. The molecule has 0 fully saturated rings. The van der Waals surface area contributed by atoms with Crippen LogP contribution in [-0.2, 0) is 7.05 Å². The molecule has 1 aromatic heterocycles. The zero-order valence-electron chi connectivity index (χ0n) is 10.2. The van der Waals surface area contributed by atoms with Crippen LogP contribution >= 0.6 is 0 Å². The Hall–Kier alpha value is -1.44. The lowest BCUT2D eigenvalue weighted by Crippen LogP contribution is -1.86. The van der Waals surface area contributed by atoms with E-state index in [1.54, 1.807) is 7.11 Å². The largest absolute Gasteiger partial charge is 0.496 e. The van der Waals surface area contributed by atoms with Crippen molar-refractivity contribution in [2.75, 3.05) is 7.11 Å². The summed E-state index contributed by atoms with van der Waals surface area (Å²) in [7, 11) is 3.76. The van der Waals surface area contributed by atoms with Crippen molar-refractivity contribution in [2.24, 2.45) is 7.05 Å². The van der Waals surface area contributed by atoms with E-state index in [-0.39, 0.29) is 0 Å². The molecule has 0 saturated carbocycles. The van der Waals surface area contributed by atoms with E-state index in [2.05, 4.69) is 30.8 Å². The standard InChI is InChI=1S/C11H13NO.C2H6/c1-8-7-12(2)9-5-4-6-10(13-3)11(8)9;1-2/h4-7H,1-3H3;1-2H3. The van der Waals surface area contributed by atoms with Gasteiger partial charge in [0.15, 0.2) is 0 Å². The summed E-state index contributed by atoms with van der Waals surface area (Å²) in [4.78, 5) is 0. The van der Waals surface area contributed by atoms with Crippen LogP contribution in [0.25, 0.3) is 10.9 Å². The molecule has 0 atom stereocenters. The van der Waals surface area contributed by atoms with E-state index in [1.807, 2.05) is 26.0 Å². The minimum Gasteiger partial charge on any atom is -0.496 e. The van der Waals surface area contributed by atoms with E-state index in [0.717, 1.165) is 5.75 Å². The molecule has 2 nitrogen and oxygen atoms in total. The molecule has 0 N–H and O–H groups in total. The van der Waals surface area contributed by atoms with Gasteiger partial charge in [0.2, 0.25) is 0 Å². The lowest BCUT2D eigenvalue weighted by molar-refractivity contribution is 0.419. The van der Waals surface area contributed by atoms with Gasteiger partial charge in [-0.25, -0.2) is 0 Å². The molecule has 2 aromatic rings. The number of hydrogen-bond donors (Lipinski definition) is 0. The van der Waals surface area contributed by atoms with Crippen LogP contribution in [0.4, 0.5) is 0 Å². The predicted octanol–water partition coefficient (Wildman–Crippen LogP) is 3.52. The number of benzene rings is 1. The Bertz CT molecular complexity index is 443. The number of rotatable bonds is 1. The first kappa shape index (κ1) is 11.6. The van der Waals surface area contributed by atoms with E-state index in [0.29, 0.717) is 0 Å². The Morgan fingerprint density at radius 1 is 1.20 bits per heavy atom. The van der Waals surface area contributed by atoms with E-state index in [9.17, 15) is 0 Å². The maximum absolute atomic E-state index is 5.31. The smallest absolute Gasteiger partial charge is 0.128 e. The molecular formula is C13H19NO. The van der Waals surface area contributed by atoms with E-state index in [1.165, 1.54) is 16.5 Å². The zero-order chi connectivity index (χ0) is 11.4. The van der Waals surface area contributed by atoms with Gasteiger partial charge in [-0.15, -0.1) is 0 Å². The van der Waals surface area contributed by atoms with Crippen LogP contribution in [0.2, 0.25) is 0 Å². The second-order valence-electron chi connectivity index (χ2n) is 3.28. The minimum atomic E-state index is 0.954. The lowest BCUT2D eigenvalue weighted by Gasteiger charge is -2.02. The van der Waals surface area contributed by atoms with Crippen LogP contribution in [0.15, 0.2) is 24.4 Å². The molecule has 0 saturated heterocycles. The van der Waals surface area contributed by atoms with Crippen molar-refractivity contribution in [3.05, 3.63) is 30.0 Å². The number of nitrogens with zero attached hydrogens (tertiary/aromatic N) is 1. The van der Waals surface area contributed by atoms with Crippen molar-refractivity contribution in [3.8, 4) is 5.75 Å². The Labute approximate surface area is 91.5 Å². The van der Waals surface area contributed by atoms with Crippen molar-refractivity contribution >= 4 is 10.9 Å². The molecular weight excluding hydrogens is 186 g/mol. The SMILES string of the molecule is CC.COc1cccc2c1c(C)cn2C. The van der Waals surface area contributed by atoms with Crippen molar-refractivity contribution in [2.45, 2.75) is 20.8 Å². The van der Waals surface area contributed by atoms with Gasteiger partial charge in [0, 0.05) is 18.6 Å². The van der Waals surface area contributed by atoms with Gasteiger partial charge in [0.25, 0.3) is 0 Å². The van der Waals surface area contributed by atoms with Crippen LogP contribution in [-0.4, -0.2) is 11.7 Å². The fraction of sp³-hybridized carbons (Fsp3) is 0.385. The maximum atomic E-state index is 5.31. The number of hydrogen-bond acceptors (Lipinski definition) is 1.